The number of amides is 1. The van der Waals surface area contributed by atoms with E-state index < -0.39 is 0 Å². The van der Waals surface area contributed by atoms with Gasteiger partial charge in [0.1, 0.15) is 12.4 Å². The van der Waals surface area contributed by atoms with E-state index in [4.69, 9.17) is 4.74 Å². The summed E-state index contributed by atoms with van der Waals surface area (Å²) in [6.07, 6.45) is 4.94. The van der Waals surface area contributed by atoms with Gasteiger partial charge in [0.25, 0.3) is 0 Å². The van der Waals surface area contributed by atoms with E-state index in [1.54, 1.807) is 0 Å². The van der Waals surface area contributed by atoms with Crippen LogP contribution in [-0.2, 0) is 4.79 Å². The highest BCUT2D eigenvalue weighted by Crippen LogP contribution is 2.18. The zero-order chi connectivity index (χ0) is 15.8. The Hall–Kier alpha value is -1.81. The van der Waals surface area contributed by atoms with Crippen molar-refractivity contribution >= 4 is 11.6 Å². The summed E-state index contributed by atoms with van der Waals surface area (Å²) >= 11 is 0. The Balaban J connectivity index is 1.85. The van der Waals surface area contributed by atoms with Gasteiger partial charge >= 0.3 is 0 Å². The van der Waals surface area contributed by atoms with Crippen molar-refractivity contribution in [2.75, 3.05) is 31.6 Å². The molecule has 0 radical (unpaired) electrons. The van der Waals surface area contributed by atoms with Gasteiger partial charge in [-0.3, -0.25) is 9.69 Å². The second kappa shape index (κ2) is 8.59. The second-order valence-electron chi connectivity index (χ2n) is 6.01. The maximum atomic E-state index is 12.2. The Labute approximate surface area is 133 Å². The number of likely N-dealkylation sites (tertiary alicyclic amines) is 1. The van der Waals surface area contributed by atoms with E-state index in [0.29, 0.717) is 13.2 Å². The Kier molecular flexibility index (Phi) is 6.46. The van der Waals surface area contributed by atoms with Crippen molar-refractivity contribution in [2.45, 2.75) is 32.6 Å². The van der Waals surface area contributed by atoms with E-state index in [0.717, 1.165) is 30.1 Å². The Morgan fingerprint density at radius 1 is 1.27 bits per heavy atom. The van der Waals surface area contributed by atoms with Gasteiger partial charge in [-0.2, -0.15) is 0 Å². The molecular weight excluding hydrogens is 276 g/mol. The van der Waals surface area contributed by atoms with Crippen LogP contribution in [-0.4, -0.2) is 37.0 Å². The van der Waals surface area contributed by atoms with E-state index in [9.17, 15) is 4.79 Å². The molecule has 1 aliphatic heterocycles. The van der Waals surface area contributed by atoms with Crippen LogP contribution in [0.2, 0.25) is 0 Å². The average molecular weight is 302 g/mol. The molecule has 0 unspecified atom stereocenters. The molecule has 0 aliphatic carbocycles. The zero-order valence-corrected chi connectivity index (χ0v) is 13.4. The number of carbonyl (C=O) groups excluding carboxylic acids is 1. The van der Waals surface area contributed by atoms with E-state index >= 15 is 0 Å². The summed E-state index contributed by atoms with van der Waals surface area (Å²) in [7, 11) is 0. The molecule has 1 aliphatic rings. The Morgan fingerprint density at radius 2 is 2.00 bits per heavy atom. The van der Waals surface area contributed by atoms with Gasteiger partial charge in [0, 0.05) is 11.8 Å². The van der Waals surface area contributed by atoms with Crippen LogP contribution in [0.1, 0.15) is 32.6 Å². The molecule has 2 rings (SSSR count). The van der Waals surface area contributed by atoms with Gasteiger partial charge in [-0.25, -0.2) is 0 Å². The summed E-state index contributed by atoms with van der Waals surface area (Å²) in [4.78, 5) is 14.4. The van der Waals surface area contributed by atoms with Crippen molar-refractivity contribution < 1.29 is 9.53 Å². The number of rotatable bonds is 6. The molecule has 4 nitrogen and oxygen atoms in total. The summed E-state index contributed by atoms with van der Waals surface area (Å²) in [5, 5.41) is 2.95. The number of carbonyl (C=O) groups is 1. The van der Waals surface area contributed by atoms with E-state index in [-0.39, 0.29) is 5.91 Å². The summed E-state index contributed by atoms with van der Waals surface area (Å²) in [6.45, 7) is 8.74. The van der Waals surface area contributed by atoms with Crippen LogP contribution < -0.4 is 10.1 Å². The fraction of sp³-hybridized carbons (Fsp3) is 0.500. The van der Waals surface area contributed by atoms with Gasteiger partial charge in [-0.05, 0) is 50.6 Å². The molecule has 0 spiro atoms. The third kappa shape index (κ3) is 5.90. The normalized spacial score (nSPS) is 15.9. The molecule has 1 saturated heterocycles. The van der Waals surface area contributed by atoms with Gasteiger partial charge in [0.05, 0.1) is 6.54 Å². The summed E-state index contributed by atoms with van der Waals surface area (Å²) in [6, 6.07) is 7.50. The van der Waals surface area contributed by atoms with Crippen LogP contribution in [0, 0.1) is 0 Å². The van der Waals surface area contributed by atoms with Crippen LogP contribution in [0.3, 0.4) is 0 Å². The number of nitrogens with zero attached hydrogens (tertiary/aromatic N) is 1. The van der Waals surface area contributed by atoms with Gasteiger partial charge in [0.2, 0.25) is 5.91 Å². The first-order valence-corrected chi connectivity index (χ1v) is 8.03. The molecule has 1 aromatic rings. The largest absolute Gasteiger partial charge is 0.489 e. The molecule has 0 aromatic heterocycles. The highest BCUT2D eigenvalue weighted by molar-refractivity contribution is 5.92. The monoisotopic (exact) mass is 302 g/mol. The Morgan fingerprint density at radius 3 is 2.68 bits per heavy atom. The number of hydrogen-bond acceptors (Lipinski definition) is 3. The third-order valence-corrected chi connectivity index (χ3v) is 3.67. The van der Waals surface area contributed by atoms with E-state index in [1.807, 2.05) is 31.2 Å². The van der Waals surface area contributed by atoms with Crippen LogP contribution in [0.25, 0.3) is 0 Å². The first-order chi connectivity index (χ1) is 10.6. The van der Waals surface area contributed by atoms with E-state index in [2.05, 4.69) is 16.8 Å². The number of anilines is 1. The molecule has 1 fully saturated rings. The third-order valence-electron chi connectivity index (χ3n) is 3.67. The van der Waals surface area contributed by atoms with Crippen LogP contribution in [0.5, 0.6) is 5.75 Å². The smallest absolute Gasteiger partial charge is 0.238 e. The van der Waals surface area contributed by atoms with Crippen molar-refractivity contribution in [3.05, 3.63) is 36.4 Å². The lowest BCUT2D eigenvalue weighted by Gasteiger charge is -2.19. The molecule has 1 heterocycles. The predicted octanol–water partition coefficient (Wildman–Crippen LogP) is 3.46. The zero-order valence-electron chi connectivity index (χ0n) is 13.4. The molecule has 0 saturated carbocycles. The maximum Gasteiger partial charge on any atom is 0.238 e. The van der Waals surface area contributed by atoms with Crippen molar-refractivity contribution in [1.82, 2.24) is 4.90 Å². The summed E-state index contributed by atoms with van der Waals surface area (Å²) in [5.41, 5.74) is 1.75. The first kappa shape index (κ1) is 16.6. The van der Waals surface area contributed by atoms with Crippen molar-refractivity contribution in [2.24, 2.45) is 0 Å². The number of nitrogens with one attached hydrogen (secondary N) is 1. The van der Waals surface area contributed by atoms with Gasteiger partial charge < -0.3 is 10.1 Å². The van der Waals surface area contributed by atoms with Gasteiger partial charge in [-0.15, -0.1) is 0 Å². The highest BCUT2D eigenvalue weighted by Gasteiger charge is 2.13. The van der Waals surface area contributed by atoms with Gasteiger partial charge in [0.15, 0.2) is 0 Å². The molecule has 1 N–H and O–H groups in total. The molecule has 1 aromatic carbocycles. The molecule has 1 amide bonds. The van der Waals surface area contributed by atoms with Crippen LogP contribution in [0.4, 0.5) is 5.69 Å². The lowest BCUT2D eigenvalue weighted by atomic mass is 10.2. The number of hydrogen-bond donors (Lipinski definition) is 1. The van der Waals surface area contributed by atoms with Gasteiger partial charge in [-0.1, -0.05) is 25.5 Å². The van der Waals surface area contributed by atoms with Crippen molar-refractivity contribution in [1.29, 1.82) is 0 Å². The SMILES string of the molecule is C=C(C)COc1cccc(NC(=O)CN2CCCCCC2)c1. The lowest BCUT2D eigenvalue weighted by Crippen LogP contribution is -2.33. The number of ether oxygens (including phenoxy) is 1. The van der Waals surface area contributed by atoms with Crippen LogP contribution >= 0.6 is 0 Å². The average Bonchev–Trinajstić information content (AvgIpc) is 2.74. The molecule has 0 bridgehead atoms. The minimum Gasteiger partial charge on any atom is -0.489 e. The fourth-order valence-corrected chi connectivity index (χ4v) is 2.57. The quantitative estimate of drug-likeness (QED) is 0.818. The fourth-order valence-electron chi connectivity index (χ4n) is 2.57. The number of benzene rings is 1. The highest BCUT2D eigenvalue weighted by atomic mass is 16.5. The molecule has 0 atom stereocenters. The minimum atomic E-state index is 0.0407. The standard InChI is InChI=1S/C18H26N2O2/c1-15(2)14-22-17-9-7-8-16(12-17)19-18(21)13-20-10-5-3-4-6-11-20/h7-9,12H,1,3-6,10-11,13-14H2,2H3,(H,19,21). The Bertz CT molecular complexity index is 506. The van der Waals surface area contributed by atoms with Crippen LogP contribution in [0.15, 0.2) is 36.4 Å². The molecular formula is C18H26N2O2. The second-order valence-corrected chi connectivity index (χ2v) is 6.01. The minimum absolute atomic E-state index is 0.0407. The molecule has 22 heavy (non-hydrogen) atoms. The maximum absolute atomic E-state index is 12.2. The summed E-state index contributed by atoms with van der Waals surface area (Å²) in [5.74, 6) is 0.787. The molecule has 120 valence electrons. The molecule has 4 heteroatoms. The van der Waals surface area contributed by atoms with Crippen molar-refractivity contribution in [3.63, 3.8) is 0 Å². The topological polar surface area (TPSA) is 41.6 Å². The predicted molar refractivity (Wildman–Crippen MR) is 90.3 cm³/mol. The van der Waals surface area contributed by atoms with E-state index in [1.165, 1.54) is 25.7 Å². The first-order valence-electron chi connectivity index (χ1n) is 8.03. The summed E-state index contributed by atoms with van der Waals surface area (Å²) < 4.78 is 5.59. The lowest BCUT2D eigenvalue weighted by molar-refractivity contribution is -0.117. The van der Waals surface area contributed by atoms with Crippen molar-refractivity contribution in [3.8, 4) is 5.75 Å².